The fourth-order valence-electron chi connectivity index (χ4n) is 3.14. The minimum atomic E-state index is -0.745. The summed E-state index contributed by atoms with van der Waals surface area (Å²) in [5.41, 5.74) is 0.149. The van der Waals surface area contributed by atoms with Crippen LogP contribution in [0.2, 0.25) is 10.0 Å². The fraction of sp³-hybridized carbons (Fsp3) is 0.538. The molecule has 2 heterocycles. The molecule has 4 heteroatoms. The molecule has 1 aromatic rings. The van der Waals surface area contributed by atoms with Gasteiger partial charge in [0.2, 0.25) is 0 Å². The topological polar surface area (TPSA) is 32.3 Å². The molecular formula is C13H15Cl2NO. The molecule has 2 bridgehead atoms. The third kappa shape index (κ3) is 2.08. The third-order valence-corrected chi connectivity index (χ3v) is 4.70. The lowest BCUT2D eigenvalue weighted by Crippen LogP contribution is -2.46. The Morgan fingerprint density at radius 1 is 1.12 bits per heavy atom. The molecular weight excluding hydrogens is 257 g/mol. The van der Waals surface area contributed by atoms with Gasteiger partial charge in [-0.2, -0.15) is 0 Å². The predicted molar refractivity (Wildman–Crippen MR) is 69.5 cm³/mol. The van der Waals surface area contributed by atoms with E-state index in [0.717, 1.165) is 31.2 Å². The summed E-state index contributed by atoms with van der Waals surface area (Å²) in [6.07, 6.45) is 3.85. The third-order valence-electron chi connectivity index (χ3n) is 3.96. The highest BCUT2D eigenvalue weighted by molar-refractivity contribution is 6.42. The maximum absolute atomic E-state index is 10.8. The highest BCUT2D eigenvalue weighted by Crippen LogP contribution is 2.41. The molecule has 0 spiro atoms. The van der Waals surface area contributed by atoms with E-state index in [1.165, 1.54) is 0 Å². The van der Waals surface area contributed by atoms with Crippen LogP contribution < -0.4 is 5.32 Å². The Hall–Kier alpha value is -0.280. The first kappa shape index (κ1) is 11.8. The van der Waals surface area contributed by atoms with E-state index >= 15 is 0 Å². The molecule has 92 valence electrons. The molecule has 3 rings (SSSR count). The van der Waals surface area contributed by atoms with Crippen LogP contribution in [0.5, 0.6) is 0 Å². The first-order valence-electron chi connectivity index (χ1n) is 6.01. The van der Waals surface area contributed by atoms with E-state index in [1.807, 2.05) is 6.07 Å². The first-order valence-corrected chi connectivity index (χ1v) is 6.76. The van der Waals surface area contributed by atoms with Crippen molar-refractivity contribution in [3.05, 3.63) is 33.8 Å². The highest BCUT2D eigenvalue weighted by Gasteiger charge is 2.43. The van der Waals surface area contributed by atoms with Crippen LogP contribution in [0.25, 0.3) is 0 Å². The molecule has 0 amide bonds. The summed E-state index contributed by atoms with van der Waals surface area (Å²) in [6, 6.07) is 6.33. The lowest BCUT2D eigenvalue weighted by Gasteiger charge is -2.37. The SMILES string of the molecule is OC1(c2ccc(Cl)c(Cl)c2)CC2CCC(C1)N2. The second-order valence-corrected chi connectivity index (χ2v) is 6.02. The molecule has 2 aliphatic heterocycles. The fourth-order valence-corrected chi connectivity index (χ4v) is 3.44. The molecule has 2 fully saturated rings. The second kappa shape index (κ2) is 4.13. The van der Waals surface area contributed by atoms with Crippen molar-refractivity contribution in [2.24, 2.45) is 0 Å². The van der Waals surface area contributed by atoms with Crippen LogP contribution in [0, 0.1) is 0 Å². The molecule has 2 N–H and O–H groups in total. The standard InChI is InChI=1S/C13H15Cl2NO/c14-11-4-1-8(5-12(11)15)13(17)6-9-2-3-10(7-13)16-9/h1,4-5,9-10,16-17H,2-3,6-7H2. The summed E-state index contributed by atoms with van der Waals surface area (Å²) in [5.74, 6) is 0. The zero-order valence-corrected chi connectivity index (χ0v) is 10.9. The molecule has 2 saturated heterocycles. The molecule has 0 aromatic heterocycles. The van der Waals surface area contributed by atoms with Gasteiger partial charge >= 0.3 is 0 Å². The molecule has 1 aromatic carbocycles. The van der Waals surface area contributed by atoms with E-state index < -0.39 is 5.60 Å². The summed E-state index contributed by atoms with van der Waals surface area (Å²) in [4.78, 5) is 0. The largest absolute Gasteiger partial charge is 0.385 e. The first-order chi connectivity index (χ1) is 8.07. The quantitative estimate of drug-likeness (QED) is 0.823. The van der Waals surface area contributed by atoms with Gasteiger partial charge in [-0.05, 0) is 43.4 Å². The van der Waals surface area contributed by atoms with Crippen molar-refractivity contribution in [1.82, 2.24) is 5.32 Å². The van der Waals surface area contributed by atoms with E-state index in [2.05, 4.69) is 5.32 Å². The van der Waals surface area contributed by atoms with Crippen molar-refractivity contribution in [1.29, 1.82) is 0 Å². The molecule has 2 unspecified atom stereocenters. The van der Waals surface area contributed by atoms with Crippen LogP contribution in [-0.4, -0.2) is 17.2 Å². The molecule has 0 aliphatic carbocycles. The van der Waals surface area contributed by atoms with Gasteiger partial charge in [0.05, 0.1) is 15.6 Å². The Morgan fingerprint density at radius 2 is 1.76 bits per heavy atom. The Balaban J connectivity index is 1.94. The van der Waals surface area contributed by atoms with Gasteiger partial charge in [0, 0.05) is 12.1 Å². The van der Waals surface area contributed by atoms with Gasteiger partial charge in [-0.1, -0.05) is 29.3 Å². The molecule has 2 aliphatic rings. The summed E-state index contributed by atoms with van der Waals surface area (Å²) in [7, 11) is 0. The van der Waals surface area contributed by atoms with Crippen LogP contribution >= 0.6 is 23.2 Å². The highest BCUT2D eigenvalue weighted by atomic mass is 35.5. The van der Waals surface area contributed by atoms with Crippen molar-refractivity contribution >= 4 is 23.2 Å². The van der Waals surface area contributed by atoms with Crippen molar-refractivity contribution in [2.75, 3.05) is 0 Å². The Kier molecular flexibility index (Phi) is 2.86. The Labute approximate surface area is 111 Å². The van der Waals surface area contributed by atoms with E-state index in [-0.39, 0.29) is 0 Å². The Morgan fingerprint density at radius 3 is 2.35 bits per heavy atom. The average Bonchev–Trinajstić information content (AvgIpc) is 2.62. The van der Waals surface area contributed by atoms with Crippen molar-refractivity contribution in [3.8, 4) is 0 Å². The van der Waals surface area contributed by atoms with Gasteiger partial charge in [0.1, 0.15) is 0 Å². The molecule has 2 atom stereocenters. The molecule has 2 nitrogen and oxygen atoms in total. The van der Waals surface area contributed by atoms with Gasteiger partial charge in [-0.25, -0.2) is 0 Å². The maximum atomic E-state index is 10.8. The van der Waals surface area contributed by atoms with E-state index in [1.54, 1.807) is 12.1 Å². The van der Waals surface area contributed by atoms with E-state index in [0.29, 0.717) is 22.1 Å². The monoisotopic (exact) mass is 271 g/mol. The Bertz CT molecular complexity index is 437. The predicted octanol–water partition coefficient (Wildman–Crippen LogP) is 3.10. The average molecular weight is 272 g/mol. The van der Waals surface area contributed by atoms with Gasteiger partial charge in [-0.3, -0.25) is 0 Å². The lowest BCUT2D eigenvalue weighted by atomic mass is 9.81. The molecule has 0 radical (unpaired) electrons. The number of aliphatic hydroxyl groups is 1. The van der Waals surface area contributed by atoms with Gasteiger partial charge in [0.15, 0.2) is 0 Å². The molecule has 17 heavy (non-hydrogen) atoms. The van der Waals surface area contributed by atoms with Gasteiger partial charge in [-0.15, -0.1) is 0 Å². The number of hydrogen-bond acceptors (Lipinski definition) is 2. The summed E-state index contributed by atoms with van der Waals surface area (Å²) in [5, 5.41) is 15.4. The number of piperidine rings is 1. The summed E-state index contributed by atoms with van der Waals surface area (Å²) < 4.78 is 0. The number of rotatable bonds is 1. The lowest BCUT2D eigenvalue weighted by molar-refractivity contribution is -0.0114. The van der Waals surface area contributed by atoms with Crippen molar-refractivity contribution in [2.45, 2.75) is 43.4 Å². The van der Waals surface area contributed by atoms with Gasteiger partial charge in [0.25, 0.3) is 0 Å². The normalized spacial score (nSPS) is 36.2. The molecule has 0 saturated carbocycles. The van der Waals surface area contributed by atoms with Crippen LogP contribution in [0.3, 0.4) is 0 Å². The number of benzene rings is 1. The van der Waals surface area contributed by atoms with Crippen LogP contribution in [0.1, 0.15) is 31.2 Å². The minimum Gasteiger partial charge on any atom is -0.385 e. The number of hydrogen-bond donors (Lipinski definition) is 2. The second-order valence-electron chi connectivity index (χ2n) is 5.21. The zero-order valence-electron chi connectivity index (χ0n) is 9.42. The smallest absolute Gasteiger partial charge is 0.0926 e. The maximum Gasteiger partial charge on any atom is 0.0926 e. The van der Waals surface area contributed by atoms with Crippen molar-refractivity contribution < 1.29 is 5.11 Å². The number of halogens is 2. The van der Waals surface area contributed by atoms with E-state index in [4.69, 9.17) is 23.2 Å². The zero-order chi connectivity index (χ0) is 12.0. The van der Waals surface area contributed by atoms with Crippen LogP contribution in [0.4, 0.5) is 0 Å². The summed E-state index contributed by atoms with van der Waals surface area (Å²) in [6.45, 7) is 0. The summed E-state index contributed by atoms with van der Waals surface area (Å²) >= 11 is 11.9. The number of fused-ring (bicyclic) bond motifs is 2. The van der Waals surface area contributed by atoms with Crippen LogP contribution in [-0.2, 0) is 5.60 Å². The van der Waals surface area contributed by atoms with Gasteiger partial charge < -0.3 is 10.4 Å². The minimum absolute atomic E-state index is 0.438. The van der Waals surface area contributed by atoms with E-state index in [9.17, 15) is 5.11 Å². The van der Waals surface area contributed by atoms with Crippen LogP contribution in [0.15, 0.2) is 18.2 Å². The number of nitrogens with one attached hydrogen (secondary N) is 1. The van der Waals surface area contributed by atoms with Crippen molar-refractivity contribution in [3.63, 3.8) is 0 Å².